The van der Waals surface area contributed by atoms with E-state index in [1.54, 1.807) is 18.2 Å². The number of benzene rings is 2. The van der Waals surface area contributed by atoms with E-state index in [9.17, 15) is 19.6 Å². The van der Waals surface area contributed by atoms with Crippen LogP contribution in [0.5, 0.6) is 5.75 Å². The fourth-order valence-electron chi connectivity index (χ4n) is 3.48. The summed E-state index contributed by atoms with van der Waals surface area (Å²) in [6, 6.07) is 11.1. The van der Waals surface area contributed by atoms with Crippen molar-refractivity contribution in [2.75, 3.05) is 41.8 Å². The Morgan fingerprint density at radius 2 is 2.06 bits per heavy atom. The lowest BCUT2D eigenvalue weighted by atomic mass is 10.1. The maximum absolute atomic E-state index is 14.2. The molecule has 0 bridgehead atoms. The predicted molar refractivity (Wildman–Crippen MR) is 125 cm³/mol. The van der Waals surface area contributed by atoms with Crippen molar-refractivity contribution < 1.29 is 19.0 Å². The van der Waals surface area contributed by atoms with Gasteiger partial charge < -0.3 is 25.4 Å². The molecule has 3 aromatic rings. The van der Waals surface area contributed by atoms with Crippen LogP contribution in [0.15, 0.2) is 55.3 Å². The van der Waals surface area contributed by atoms with E-state index in [4.69, 9.17) is 4.74 Å². The Bertz CT molecular complexity index is 1280. The molecule has 0 unspecified atom stereocenters. The molecular formula is C24H21FN6O3. The minimum Gasteiger partial charge on any atom is -0.506 e. The third kappa shape index (κ3) is 4.95. The Kier molecular flexibility index (Phi) is 6.66. The second-order valence-corrected chi connectivity index (χ2v) is 7.38. The monoisotopic (exact) mass is 460 g/mol. The van der Waals surface area contributed by atoms with Crippen molar-refractivity contribution in [3.63, 3.8) is 0 Å². The van der Waals surface area contributed by atoms with Gasteiger partial charge in [0.2, 0.25) is 11.9 Å². The number of carbonyl (C=O) groups excluding carboxylic acids is 1. The third-order valence-corrected chi connectivity index (χ3v) is 5.18. The summed E-state index contributed by atoms with van der Waals surface area (Å²) in [7, 11) is 0. The number of amides is 1. The quantitative estimate of drug-likeness (QED) is 0.377. The molecule has 10 heteroatoms. The van der Waals surface area contributed by atoms with E-state index in [0.717, 1.165) is 6.08 Å². The van der Waals surface area contributed by atoms with Gasteiger partial charge in [0.15, 0.2) is 0 Å². The molecule has 1 amide bonds. The molecule has 1 aromatic heterocycles. The molecule has 0 saturated carbocycles. The number of hydrogen-bond donors (Lipinski definition) is 3. The number of halogens is 1. The van der Waals surface area contributed by atoms with Gasteiger partial charge in [-0.25, -0.2) is 14.4 Å². The van der Waals surface area contributed by atoms with Gasteiger partial charge in [-0.1, -0.05) is 6.58 Å². The van der Waals surface area contributed by atoms with Crippen LogP contribution in [0.2, 0.25) is 0 Å². The van der Waals surface area contributed by atoms with E-state index in [0.29, 0.717) is 43.2 Å². The summed E-state index contributed by atoms with van der Waals surface area (Å²) in [6.45, 7) is 5.82. The topological polar surface area (TPSA) is 123 Å². The Labute approximate surface area is 195 Å². The van der Waals surface area contributed by atoms with Crippen LogP contribution in [0.3, 0.4) is 0 Å². The minimum absolute atomic E-state index is 0.0619. The summed E-state index contributed by atoms with van der Waals surface area (Å²) < 4.78 is 19.5. The lowest BCUT2D eigenvalue weighted by Crippen LogP contribution is -2.36. The number of carbonyl (C=O) groups is 1. The van der Waals surface area contributed by atoms with Crippen LogP contribution in [0, 0.1) is 17.1 Å². The second kappa shape index (κ2) is 9.97. The van der Waals surface area contributed by atoms with Crippen LogP contribution >= 0.6 is 0 Å². The van der Waals surface area contributed by atoms with Gasteiger partial charge >= 0.3 is 0 Å². The molecule has 4 rings (SSSR count). The molecular weight excluding hydrogens is 439 g/mol. The van der Waals surface area contributed by atoms with Crippen molar-refractivity contribution in [1.82, 2.24) is 9.97 Å². The number of rotatable bonds is 6. The Morgan fingerprint density at radius 3 is 2.79 bits per heavy atom. The lowest BCUT2D eigenvalue weighted by Gasteiger charge is -2.29. The molecule has 1 fully saturated rings. The first-order valence-corrected chi connectivity index (χ1v) is 10.4. The zero-order valence-electron chi connectivity index (χ0n) is 18.1. The van der Waals surface area contributed by atoms with Gasteiger partial charge in [0.25, 0.3) is 0 Å². The molecule has 34 heavy (non-hydrogen) atoms. The largest absolute Gasteiger partial charge is 0.506 e. The van der Waals surface area contributed by atoms with Gasteiger partial charge in [0, 0.05) is 24.3 Å². The van der Waals surface area contributed by atoms with E-state index in [1.807, 2.05) is 11.0 Å². The fourth-order valence-corrected chi connectivity index (χ4v) is 3.48. The molecule has 1 aliphatic rings. The van der Waals surface area contributed by atoms with Gasteiger partial charge in [-0.15, -0.1) is 0 Å². The van der Waals surface area contributed by atoms with E-state index >= 15 is 0 Å². The third-order valence-electron chi connectivity index (χ3n) is 5.18. The van der Waals surface area contributed by atoms with E-state index in [2.05, 4.69) is 27.2 Å². The Morgan fingerprint density at radius 1 is 1.26 bits per heavy atom. The normalized spacial score (nSPS) is 13.1. The predicted octanol–water partition coefficient (Wildman–Crippen LogP) is 3.56. The summed E-state index contributed by atoms with van der Waals surface area (Å²) in [5, 5.41) is 25.3. The lowest BCUT2D eigenvalue weighted by molar-refractivity contribution is -0.111. The van der Waals surface area contributed by atoms with Crippen LogP contribution in [0.1, 0.15) is 5.56 Å². The van der Waals surface area contributed by atoms with Gasteiger partial charge in [-0.05, 0) is 42.5 Å². The number of hydrogen-bond acceptors (Lipinski definition) is 8. The molecule has 0 atom stereocenters. The molecule has 2 heterocycles. The number of ether oxygens (including phenoxy) is 1. The molecule has 172 valence electrons. The Hall–Kier alpha value is -4.49. The van der Waals surface area contributed by atoms with Crippen molar-refractivity contribution in [3.8, 4) is 23.1 Å². The number of anilines is 4. The van der Waals surface area contributed by atoms with E-state index in [-0.39, 0.29) is 28.6 Å². The minimum atomic E-state index is -0.635. The summed E-state index contributed by atoms with van der Waals surface area (Å²) in [6.07, 6.45) is 2.39. The summed E-state index contributed by atoms with van der Waals surface area (Å²) >= 11 is 0. The summed E-state index contributed by atoms with van der Waals surface area (Å²) in [4.78, 5) is 22.3. The first-order valence-electron chi connectivity index (χ1n) is 10.4. The SMILES string of the molecule is C=CC(=O)Nc1cc(-c2nc(Nc3ccc(O)c(N4CCOCC4)c3)ncc2C#N)ccc1F. The van der Waals surface area contributed by atoms with Crippen molar-refractivity contribution in [2.24, 2.45) is 0 Å². The van der Waals surface area contributed by atoms with Gasteiger partial charge in [0.05, 0.1) is 42.0 Å². The molecule has 0 radical (unpaired) electrons. The first kappa shape index (κ1) is 22.7. The highest BCUT2D eigenvalue weighted by atomic mass is 19.1. The van der Waals surface area contributed by atoms with Gasteiger partial charge in [-0.2, -0.15) is 5.26 Å². The number of nitriles is 1. The summed E-state index contributed by atoms with van der Waals surface area (Å²) in [5.74, 6) is -0.850. The number of aromatic hydroxyl groups is 1. The fraction of sp³-hybridized carbons (Fsp3) is 0.167. The van der Waals surface area contributed by atoms with Crippen LogP contribution in [-0.4, -0.2) is 47.3 Å². The van der Waals surface area contributed by atoms with Crippen molar-refractivity contribution >= 4 is 28.9 Å². The first-order chi connectivity index (χ1) is 16.5. The highest BCUT2D eigenvalue weighted by Gasteiger charge is 2.17. The standard InChI is InChI=1S/C24H21FN6O3/c1-2-22(33)29-19-11-15(3-5-18(19)25)23-16(13-26)14-27-24(30-23)28-17-4-6-21(32)20(12-17)31-7-9-34-10-8-31/h2-6,11-12,14,32H,1,7-10H2,(H,29,33)(H,27,28,30). The molecule has 1 aliphatic heterocycles. The van der Waals surface area contributed by atoms with Crippen LogP contribution < -0.4 is 15.5 Å². The number of phenols is 1. The maximum Gasteiger partial charge on any atom is 0.247 e. The van der Waals surface area contributed by atoms with Crippen molar-refractivity contribution in [3.05, 3.63) is 66.6 Å². The number of phenolic OH excluding ortho intramolecular Hbond substituents is 1. The number of nitrogens with zero attached hydrogens (tertiary/aromatic N) is 4. The van der Waals surface area contributed by atoms with Gasteiger partial charge in [-0.3, -0.25) is 4.79 Å². The average Bonchev–Trinajstić information content (AvgIpc) is 2.87. The molecule has 2 aromatic carbocycles. The average molecular weight is 460 g/mol. The zero-order chi connectivity index (χ0) is 24.1. The maximum atomic E-state index is 14.2. The zero-order valence-corrected chi connectivity index (χ0v) is 18.1. The molecule has 9 nitrogen and oxygen atoms in total. The summed E-state index contributed by atoms with van der Waals surface area (Å²) in [5.41, 5.74) is 2.09. The van der Waals surface area contributed by atoms with Gasteiger partial charge in [0.1, 0.15) is 17.6 Å². The smallest absolute Gasteiger partial charge is 0.247 e. The number of morpholine rings is 1. The van der Waals surface area contributed by atoms with Crippen LogP contribution in [0.25, 0.3) is 11.3 Å². The molecule has 0 spiro atoms. The number of nitrogens with one attached hydrogen (secondary N) is 2. The van der Waals surface area contributed by atoms with Crippen LogP contribution in [0.4, 0.5) is 27.4 Å². The van der Waals surface area contributed by atoms with E-state index in [1.165, 1.54) is 24.4 Å². The van der Waals surface area contributed by atoms with Crippen molar-refractivity contribution in [1.29, 1.82) is 5.26 Å². The van der Waals surface area contributed by atoms with Crippen molar-refractivity contribution in [2.45, 2.75) is 0 Å². The molecule has 0 aliphatic carbocycles. The molecule has 1 saturated heterocycles. The second-order valence-electron chi connectivity index (χ2n) is 7.38. The highest BCUT2D eigenvalue weighted by molar-refractivity contribution is 5.99. The Balaban J connectivity index is 1.65. The van der Waals surface area contributed by atoms with Crippen LogP contribution in [-0.2, 0) is 9.53 Å². The number of aromatic nitrogens is 2. The van der Waals surface area contributed by atoms with E-state index < -0.39 is 11.7 Å². The highest BCUT2D eigenvalue weighted by Crippen LogP contribution is 2.32. The molecule has 3 N–H and O–H groups in total.